The summed E-state index contributed by atoms with van der Waals surface area (Å²) < 4.78 is 1.85. The van der Waals surface area contributed by atoms with E-state index in [2.05, 4.69) is 12.0 Å². The van der Waals surface area contributed by atoms with E-state index in [1.807, 2.05) is 4.68 Å². The Hall–Kier alpha value is -0.540. The molecule has 4 heteroatoms. The number of hydrogen-bond donors (Lipinski definition) is 1. The molecule has 3 nitrogen and oxygen atoms in total. The van der Waals surface area contributed by atoms with E-state index in [1.165, 1.54) is 0 Å². The molecule has 0 aliphatic heterocycles. The summed E-state index contributed by atoms with van der Waals surface area (Å²) in [7, 11) is 0. The molecule has 1 aromatic rings. The van der Waals surface area contributed by atoms with Crippen molar-refractivity contribution in [3.8, 4) is 0 Å². The summed E-state index contributed by atoms with van der Waals surface area (Å²) in [5.41, 5.74) is 6.46. The van der Waals surface area contributed by atoms with Gasteiger partial charge in [-0.05, 0) is 6.42 Å². The smallest absolute Gasteiger partial charge is 0.0817 e. The van der Waals surface area contributed by atoms with Gasteiger partial charge in [-0.3, -0.25) is 4.68 Å². The van der Waals surface area contributed by atoms with Crippen LogP contribution in [0.5, 0.6) is 0 Å². The number of aromatic nitrogens is 2. The third-order valence-corrected chi connectivity index (χ3v) is 1.89. The number of rotatable bonds is 3. The third-order valence-electron chi connectivity index (χ3n) is 1.57. The molecule has 0 bridgehead atoms. The first-order valence-electron chi connectivity index (χ1n) is 3.69. The van der Waals surface area contributed by atoms with Crippen molar-refractivity contribution in [1.29, 1.82) is 0 Å². The molecule has 0 aliphatic carbocycles. The molecule has 0 spiro atoms. The van der Waals surface area contributed by atoms with E-state index < -0.39 is 0 Å². The highest BCUT2D eigenvalue weighted by Gasteiger charge is 2.04. The maximum Gasteiger partial charge on any atom is 0.0817 e. The second kappa shape index (κ2) is 3.74. The standard InChI is InChI=1S/C7H12ClN3/c1-2-7-6(8)5-10-11(7)4-3-9/h5H,2-4,9H2,1H3. The van der Waals surface area contributed by atoms with E-state index >= 15 is 0 Å². The minimum absolute atomic E-state index is 0.602. The van der Waals surface area contributed by atoms with E-state index in [1.54, 1.807) is 6.20 Å². The van der Waals surface area contributed by atoms with Gasteiger partial charge < -0.3 is 5.73 Å². The summed E-state index contributed by atoms with van der Waals surface area (Å²) in [6, 6.07) is 0. The zero-order valence-electron chi connectivity index (χ0n) is 6.55. The molecular weight excluding hydrogens is 162 g/mol. The molecule has 0 radical (unpaired) electrons. The van der Waals surface area contributed by atoms with Gasteiger partial charge in [0.05, 0.1) is 23.5 Å². The second-order valence-corrected chi connectivity index (χ2v) is 2.71. The highest BCUT2D eigenvalue weighted by atomic mass is 35.5. The van der Waals surface area contributed by atoms with Crippen molar-refractivity contribution in [2.24, 2.45) is 5.73 Å². The molecule has 0 aromatic carbocycles. The van der Waals surface area contributed by atoms with Crippen molar-refractivity contribution in [2.75, 3.05) is 6.54 Å². The molecule has 0 aliphatic rings. The lowest BCUT2D eigenvalue weighted by atomic mass is 10.3. The summed E-state index contributed by atoms with van der Waals surface area (Å²) in [4.78, 5) is 0. The van der Waals surface area contributed by atoms with Crippen LogP contribution >= 0.6 is 11.6 Å². The summed E-state index contributed by atoms with van der Waals surface area (Å²) in [5.74, 6) is 0. The molecule has 2 N–H and O–H groups in total. The predicted molar refractivity (Wildman–Crippen MR) is 45.7 cm³/mol. The fourth-order valence-electron chi connectivity index (χ4n) is 1.05. The van der Waals surface area contributed by atoms with Crippen molar-refractivity contribution in [3.05, 3.63) is 16.9 Å². The third kappa shape index (κ3) is 1.73. The van der Waals surface area contributed by atoms with Crippen molar-refractivity contribution < 1.29 is 0 Å². The Bertz CT molecular complexity index is 232. The molecule has 0 amide bonds. The quantitative estimate of drug-likeness (QED) is 0.743. The van der Waals surface area contributed by atoms with Gasteiger partial charge in [-0.25, -0.2) is 0 Å². The zero-order chi connectivity index (χ0) is 8.27. The maximum absolute atomic E-state index is 5.86. The Morgan fingerprint density at radius 2 is 2.45 bits per heavy atom. The van der Waals surface area contributed by atoms with E-state index in [9.17, 15) is 0 Å². The van der Waals surface area contributed by atoms with E-state index in [-0.39, 0.29) is 0 Å². The van der Waals surface area contributed by atoms with E-state index in [4.69, 9.17) is 17.3 Å². The predicted octanol–water partition coefficient (Wildman–Crippen LogP) is 1.06. The summed E-state index contributed by atoms with van der Waals surface area (Å²) in [6.45, 7) is 3.40. The highest BCUT2D eigenvalue weighted by Crippen LogP contribution is 2.14. The average molecular weight is 174 g/mol. The highest BCUT2D eigenvalue weighted by molar-refractivity contribution is 6.31. The number of halogens is 1. The second-order valence-electron chi connectivity index (χ2n) is 2.30. The van der Waals surface area contributed by atoms with Crippen LogP contribution in [0.25, 0.3) is 0 Å². The van der Waals surface area contributed by atoms with Crippen molar-refractivity contribution in [3.63, 3.8) is 0 Å². The molecule has 1 heterocycles. The Morgan fingerprint density at radius 1 is 1.73 bits per heavy atom. The fraction of sp³-hybridized carbons (Fsp3) is 0.571. The summed E-state index contributed by atoms with van der Waals surface area (Å²) >= 11 is 5.86. The SMILES string of the molecule is CCc1c(Cl)cnn1CCN. The fourth-order valence-corrected chi connectivity index (χ4v) is 1.33. The zero-order valence-corrected chi connectivity index (χ0v) is 7.30. The van der Waals surface area contributed by atoms with Crippen LogP contribution in [-0.4, -0.2) is 16.3 Å². The lowest BCUT2D eigenvalue weighted by Gasteiger charge is -2.02. The van der Waals surface area contributed by atoms with Gasteiger partial charge in [0.1, 0.15) is 0 Å². The van der Waals surface area contributed by atoms with Crippen molar-refractivity contribution in [1.82, 2.24) is 9.78 Å². The Labute approximate surface area is 71.1 Å². The molecule has 0 unspecified atom stereocenters. The molecule has 0 saturated carbocycles. The molecule has 0 atom stereocenters. The van der Waals surface area contributed by atoms with Crippen LogP contribution in [0, 0.1) is 0 Å². The normalized spacial score (nSPS) is 10.5. The van der Waals surface area contributed by atoms with E-state index in [0.717, 1.165) is 23.7 Å². The summed E-state index contributed by atoms with van der Waals surface area (Å²) in [5, 5.41) is 4.82. The van der Waals surface area contributed by atoms with Gasteiger partial charge in [0, 0.05) is 6.54 Å². The van der Waals surface area contributed by atoms with Gasteiger partial charge in [0.2, 0.25) is 0 Å². The van der Waals surface area contributed by atoms with Crippen LogP contribution < -0.4 is 5.73 Å². The first-order valence-corrected chi connectivity index (χ1v) is 4.07. The van der Waals surface area contributed by atoms with Crippen LogP contribution in [0.2, 0.25) is 5.02 Å². The molecule has 1 aromatic heterocycles. The van der Waals surface area contributed by atoms with Gasteiger partial charge >= 0.3 is 0 Å². The summed E-state index contributed by atoms with van der Waals surface area (Å²) in [6.07, 6.45) is 2.56. The molecule has 0 saturated heterocycles. The number of nitrogens with zero attached hydrogens (tertiary/aromatic N) is 2. The van der Waals surface area contributed by atoms with E-state index in [0.29, 0.717) is 6.54 Å². The first kappa shape index (κ1) is 8.56. The van der Waals surface area contributed by atoms with Crippen LogP contribution in [0.3, 0.4) is 0 Å². The number of nitrogens with two attached hydrogens (primary N) is 1. The minimum Gasteiger partial charge on any atom is -0.329 e. The van der Waals surface area contributed by atoms with Gasteiger partial charge in [-0.2, -0.15) is 5.10 Å². The Balaban J connectivity index is 2.86. The monoisotopic (exact) mass is 173 g/mol. The van der Waals surface area contributed by atoms with Gasteiger partial charge in [0.25, 0.3) is 0 Å². The Kier molecular flexibility index (Phi) is 2.91. The Morgan fingerprint density at radius 3 is 3.00 bits per heavy atom. The van der Waals surface area contributed by atoms with Crippen molar-refractivity contribution >= 4 is 11.6 Å². The van der Waals surface area contributed by atoms with Crippen LogP contribution in [-0.2, 0) is 13.0 Å². The lowest BCUT2D eigenvalue weighted by Crippen LogP contribution is -2.13. The lowest BCUT2D eigenvalue weighted by molar-refractivity contribution is 0.597. The first-order chi connectivity index (χ1) is 5.29. The molecular formula is C7H12ClN3. The average Bonchev–Trinajstić information content (AvgIpc) is 2.33. The number of hydrogen-bond acceptors (Lipinski definition) is 2. The largest absolute Gasteiger partial charge is 0.329 e. The van der Waals surface area contributed by atoms with Gasteiger partial charge in [-0.1, -0.05) is 18.5 Å². The molecule has 0 fully saturated rings. The van der Waals surface area contributed by atoms with Gasteiger partial charge in [0.15, 0.2) is 0 Å². The van der Waals surface area contributed by atoms with Gasteiger partial charge in [-0.15, -0.1) is 0 Å². The molecule has 1 rings (SSSR count). The van der Waals surface area contributed by atoms with Crippen molar-refractivity contribution in [2.45, 2.75) is 19.9 Å². The maximum atomic E-state index is 5.86. The van der Waals surface area contributed by atoms with Crippen LogP contribution in [0.15, 0.2) is 6.20 Å². The minimum atomic E-state index is 0.602. The van der Waals surface area contributed by atoms with Crippen LogP contribution in [0.1, 0.15) is 12.6 Å². The van der Waals surface area contributed by atoms with Crippen LogP contribution in [0.4, 0.5) is 0 Å². The molecule has 11 heavy (non-hydrogen) atoms. The molecule has 62 valence electrons. The topological polar surface area (TPSA) is 43.8 Å².